The number of carbonyl (C=O) groups excluding carboxylic acids is 1. The van der Waals surface area contributed by atoms with Crippen LogP contribution >= 0.6 is 23.4 Å². The first kappa shape index (κ1) is 23.4. The maximum Gasteiger partial charge on any atom is 0.292 e. The van der Waals surface area contributed by atoms with Gasteiger partial charge in [-0.2, -0.15) is 0 Å². The summed E-state index contributed by atoms with van der Waals surface area (Å²) >= 11 is 7.72. The van der Waals surface area contributed by atoms with Crippen molar-refractivity contribution in [3.05, 3.63) is 87.7 Å². The summed E-state index contributed by atoms with van der Waals surface area (Å²) in [6.45, 7) is 1.92. The number of benzene rings is 2. The van der Waals surface area contributed by atoms with E-state index in [-0.39, 0.29) is 23.7 Å². The molecule has 0 bridgehead atoms. The number of carbonyl (C=O) groups is 1. The van der Waals surface area contributed by atoms with Gasteiger partial charge in [0.15, 0.2) is 11.0 Å². The van der Waals surface area contributed by atoms with E-state index in [9.17, 15) is 14.9 Å². The molecule has 34 heavy (non-hydrogen) atoms. The lowest BCUT2D eigenvalue weighted by atomic mass is 10.2. The zero-order valence-corrected chi connectivity index (χ0v) is 19.6. The van der Waals surface area contributed by atoms with Crippen molar-refractivity contribution >= 4 is 40.6 Å². The molecule has 9 nitrogen and oxygen atoms in total. The summed E-state index contributed by atoms with van der Waals surface area (Å²) in [5, 5.41) is 23.7. The van der Waals surface area contributed by atoms with E-state index in [1.165, 1.54) is 23.9 Å². The van der Waals surface area contributed by atoms with E-state index in [1.54, 1.807) is 24.5 Å². The lowest BCUT2D eigenvalue weighted by Crippen LogP contribution is -2.13. The molecule has 4 rings (SSSR count). The second-order valence-electron chi connectivity index (χ2n) is 7.18. The molecule has 2 aromatic carbocycles. The lowest BCUT2D eigenvalue weighted by Gasteiger charge is -2.14. The summed E-state index contributed by atoms with van der Waals surface area (Å²) in [6, 6.07) is 15.3. The minimum atomic E-state index is -0.527. The van der Waals surface area contributed by atoms with Crippen LogP contribution in [0, 0.1) is 17.0 Å². The van der Waals surface area contributed by atoms with Gasteiger partial charge in [0, 0.05) is 41.2 Å². The van der Waals surface area contributed by atoms with Gasteiger partial charge < -0.3 is 5.32 Å². The molecular formula is C23H19ClN6O3S. The molecule has 1 amide bonds. The third-order valence-corrected chi connectivity index (χ3v) is 6.33. The minimum Gasteiger partial charge on any atom is -0.320 e. The predicted molar refractivity (Wildman–Crippen MR) is 131 cm³/mol. The number of anilines is 1. The fourth-order valence-corrected chi connectivity index (χ4v) is 4.35. The number of amides is 1. The molecule has 0 atom stereocenters. The fourth-order valence-electron chi connectivity index (χ4n) is 3.29. The Morgan fingerprint density at radius 3 is 2.65 bits per heavy atom. The number of hydrogen-bond donors (Lipinski definition) is 1. The molecule has 172 valence electrons. The van der Waals surface area contributed by atoms with Gasteiger partial charge in [-0.3, -0.25) is 24.5 Å². The van der Waals surface area contributed by atoms with Gasteiger partial charge in [-0.1, -0.05) is 41.6 Å². The summed E-state index contributed by atoms with van der Waals surface area (Å²) < 4.78 is 1.90. The first-order valence-electron chi connectivity index (χ1n) is 10.2. The van der Waals surface area contributed by atoms with Crippen molar-refractivity contribution in [2.45, 2.75) is 18.5 Å². The first-order chi connectivity index (χ1) is 16.5. The standard InChI is InChI=1S/C23H19ClN6O3S/c1-15-17(24)5-4-8-19(15)29-22(16-9-12-25-13-10-16)27-28-23(29)34-14-11-21(31)26-18-6-2-3-7-20(18)30(32)33/h2-10,12-13H,11,14H2,1H3,(H,26,31). The maximum absolute atomic E-state index is 12.4. The number of thioether (sulfide) groups is 1. The molecule has 0 saturated heterocycles. The monoisotopic (exact) mass is 494 g/mol. The zero-order chi connectivity index (χ0) is 24.1. The summed E-state index contributed by atoms with van der Waals surface area (Å²) in [7, 11) is 0. The van der Waals surface area contributed by atoms with E-state index in [4.69, 9.17) is 11.6 Å². The van der Waals surface area contributed by atoms with Gasteiger partial charge in [-0.15, -0.1) is 10.2 Å². The highest BCUT2D eigenvalue weighted by atomic mass is 35.5. The minimum absolute atomic E-state index is 0.128. The van der Waals surface area contributed by atoms with E-state index in [0.717, 1.165) is 16.8 Å². The smallest absolute Gasteiger partial charge is 0.292 e. The Kier molecular flexibility index (Phi) is 7.19. The van der Waals surface area contributed by atoms with Crippen molar-refractivity contribution in [3.63, 3.8) is 0 Å². The molecule has 4 aromatic rings. The van der Waals surface area contributed by atoms with Gasteiger partial charge in [-0.05, 0) is 42.8 Å². The van der Waals surface area contributed by atoms with Gasteiger partial charge in [0.2, 0.25) is 5.91 Å². The molecule has 0 saturated carbocycles. The summed E-state index contributed by atoms with van der Waals surface area (Å²) in [5.41, 5.74) is 2.55. The molecule has 2 aromatic heterocycles. The third-order valence-electron chi connectivity index (χ3n) is 4.99. The molecule has 1 N–H and O–H groups in total. The van der Waals surface area contributed by atoms with Gasteiger partial charge in [0.05, 0.1) is 10.6 Å². The normalized spacial score (nSPS) is 10.8. The molecular weight excluding hydrogens is 476 g/mol. The van der Waals surface area contributed by atoms with Gasteiger partial charge in [-0.25, -0.2) is 0 Å². The largest absolute Gasteiger partial charge is 0.320 e. The van der Waals surface area contributed by atoms with Crippen LogP contribution in [0.25, 0.3) is 17.1 Å². The van der Waals surface area contributed by atoms with Gasteiger partial charge >= 0.3 is 0 Å². The molecule has 0 fully saturated rings. The number of nitrogens with one attached hydrogen (secondary N) is 1. The van der Waals surface area contributed by atoms with Gasteiger partial charge in [0.25, 0.3) is 5.69 Å². The highest BCUT2D eigenvalue weighted by Gasteiger charge is 2.19. The Morgan fingerprint density at radius 1 is 1.12 bits per heavy atom. The highest BCUT2D eigenvalue weighted by Crippen LogP contribution is 2.32. The molecule has 0 spiro atoms. The van der Waals surface area contributed by atoms with Crippen LogP contribution in [0.15, 0.2) is 72.1 Å². The van der Waals surface area contributed by atoms with E-state index in [1.807, 2.05) is 41.8 Å². The van der Waals surface area contributed by atoms with Crippen molar-refractivity contribution in [3.8, 4) is 17.1 Å². The molecule has 0 aliphatic heterocycles. The van der Waals surface area contributed by atoms with Crippen LogP contribution < -0.4 is 5.32 Å². The number of nitro groups is 1. The maximum atomic E-state index is 12.4. The van der Waals surface area contributed by atoms with Crippen LogP contribution in [-0.4, -0.2) is 36.3 Å². The van der Waals surface area contributed by atoms with E-state index < -0.39 is 4.92 Å². The molecule has 0 aliphatic rings. The zero-order valence-electron chi connectivity index (χ0n) is 18.0. The summed E-state index contributed by atoms with van der Waals surface area (Å²) in [4.78, 5) is 27.1. The number of nitro benzene ring substituents is 1. The van der Waals surface area contributed by atoms with Crippen LogP contribution in [0.3, 0.4) is 0 Å². The first-order valence-corrected chi connectivity index (χ1v) is 11.6. The number of rotatable bonds is 8. The van der Waals surface area contributed by atoms with Crippen LogP contribution in [0.1, 0.15) is 12.0 Å². The molecule has 2 heterocycles. The van der Waals surface area contributed by atoms with Crippen molar-refractivity contribution in [2.75, 3.05) is 11.1 Å². The van der Waals surface area contributed by atoms with E-state index in [2.05, 4.69) is 20.5 Å². The summed E-state index contributed by atoms with van der Waals surface area (Å²) in [6.07, 6.45) is 3.49. The second-order valence-corrected chi connectivity index (χ2v) is 8.65. The van der Waals surface area contributed by atoms with Crippen molar-refractivity contribution in [1.82, 2.24) is 19.7 Å². The third kappa shape index (κ3) is 5.08. The van der Waals surface area contributed by atoms with E-state index in [0.29, 0.717) is 21.8 Å². The van der Waals surface area contributed by atoms with Crippen LogP contribution in [0.4, 0.5) is 11.4 Å². The van der Waals surface area contributed by atoms with Gasteiger partial charge in [0.1, 0.15) is 5.69 Å². The highest BCUT2D eigenvalue weighted by molar-refractivity contribution is 7.99. The number of pyridine rings is 1. The van der Waals surface area contributed by atoms with Crippen molar-refractivity contribution in [2.24, 2.45) is 0 Å². The second kappa shape index (κ2) is 10.4. The Balaban J connectivity index is 1.55. The molecule has 0 unspecified atom stereocenters. The number of nitrogens with zero attached hydrogens (tertiary/aromatic N) is 5. The predicted octanol–water partition coefficient (Wildman–Crippen LogP) is 5.32. The SMILES string of the molecule is Cc1c(Cl)cccc1-n1c(SCCC(=O)Nc2ccccc2[N+](=O)[O-])nnc1-c1ccncc1. The Bertz CT molecular complexity index is 1350. The lowest BCUT2D eigenvalue weighted by molar-refractivity contribution is -0.383. The Labute approximate surface area is 204 Å². The number of halogens is 1. The Hall–Kier alpha value is -3.76. The fraction of sp³-hybridized carbons (Fsp3) is 0.130. The number of aromatic nitrogens is 4. The summed E-state index contributed by atoms with van der Waals surface area (Å²) in [5.74, 6) is 0.682. The Morgan fingerprint density at radius 2 is 1.88 bits per heavy atom. The van der Waals surface area contributed by atoms with Crippen LogP contribution in [-0.2, 0) is 4.79 Å². The quantitative estimate of drug-likeness (QED) is 0.200. The van der Waals surface area contributed by atoms with Crippen LogP contribution in [0.2, 0.25) is 5.02 Å². The average molecular weight is 495 g/mol. The van der Waals surface area contributed by atoms with Crippen molar-refractivity contribution < 1.29 is 9.72 Å². The van der Waals surface area contributed by atoms with Crippen LogP contribution in [0.5, 0.6) is 0 Å². The number of para-hydroxylation sites is 2. The van der Waals surface area contributed by atoms with Crippen molar-refractivity contribution in [1.29, 1.82) is 0 Å². The molecule has 0 radical (unpaired) electrons. The number of hydrogen-bond acceptors (Lipinski definition) is 7. The van der Waals surface area contributed by atoms with E-state index >= 15 is 0 Å². The topological polar surface area (TPSA) is 116 Å². The average Bonchev–Trinajstić information content (AvgIpc) is 3.25. The molecule has 11 heteroatoms. The molecule has 0 aliphatic carbocycles.